The zero-order valence-corrected chi connectivity index (χ0v) is 12.7. The normalized spacial score (nSPS) is 18.1. The third kappa shape index (κ3) is 6.37. The quantitative estimate of drug-likeness (QED) is 0.595. The Morgan fingerprint density at radius 3 is 2.50 bits per heavy atom. The van der Waals surface area contributed by atoms with E-state index in [0.29, 0.717) is 6.42 Å². The van der Waals surface area contributed by atoms with Crippen LogP contribution >= 0.6 is 0 Å². The van der Waals surface area contributed by atoms with E-state index in [4.69, 9.17) is 5.73 Å². The molecule has 0 saturated carbocycles. The molecule has 0 aromatic rings. The van der Waals surface area contributed by atoms with Crippen LogP contribution in [-0.2, 0) is 9.59 Å². The molecule has 1 heterocycles. The summed E-state index contributed by atoms with van der Waals surface area (Å²) in [6.45, 7) is 3.93. The minimum atomic E-state index is -0.423. The molecule has 1 unspecified atom stereocenters. The molecule has 116 valence electrons. The topological polar surface area (TPSA) is 75.4 Å². The highest BCUT2D eigenvalue weighted by molar-refractivity contribution is 5.84. The van der Waals surface area contributed by atoms with E-state index in [0.717, 1.165) is 32.4 Å². The lowest BCUT2D eigenvalue weighted by atomic mass is 10.1. The number of nitrogens with zero attached hydrogens (tertiary/aromatic N) is 1. The van der Waals surface area contributed by atoms with Gasteiger partial charge in [0.25, 0.3) is 0 Å². The maximum atomic E-state index is 12.2. The predicted molar refractivity (Wildman–Crippen MR) is 80.2 cm³/mol. The van der Waals surface area contributed by atoms with Gasteiger partial charge in [0.15, 0.2) is 0 Å². The summed E-state index contributed by atoms with van der Waals surface area (Å²) in [7, 11) is 0. The van der Waals surface area contributed by atoms with Crippen molar-refractivity contribution in [1.82, 2.24) is 10.2 Å². The summed E-state index contributed by atoms with van der Waals surface area (Å²) in [5.41, 5.74) is 5.26. The largest absolute Gasteiger partial charge is 0.368 e. The first-order valence-electron chi connectivity index (χ1n) is 7.93. The van der Waals surface area contributed by atoms with E-state index in [9.17, 15) is 9.59 Å². The molecule has 0 aromatic heterocycles. The van der Waals surface area contributed by atoms with Crippen LogP contribution in [0.1, 0.15) is 58.3 Å². The van der Waals surface area contributed by atoms with Gasteiger partial charge in [0, 0.05) is 19.0 Å². The molecule has 1 rings (SSSR count). The van der Waals surface area contributed by atoms with Gasteiger partial charge in [-0.15, -0.1) is 0 Å². The molecule has 0 bridgehead atoms. The Morgan fingerprint density at radius 1 is 1.20 bits per heavy atom. The second-order valence-corrected chi connectivity index (χ2v) is 5.65. The minimum absolute atomic E-state index is 0.0566. The highest BCUT2D eigenvalue weighted by Gasteiger charge is 2.27. The number of carbonyl (C=O) groups is 2. The summed E-state index contributed by atoms with van der Waals surface area (Å²) in [6.07, 6.45) is 8.42. The lowest BCUT2D eigenvalue weighted by molar-refractivity contribution is -0.137. The maximum Gasteiger partial charge on any atom is 0.237 e. The molecule has 2 amide bonds. The van der Waals surface area contributed by atoms with Crippen LogP contribution in [0.3, 0.4) is 0 Å². The average Bonchev–Trinajstić information content (AvgIpc) is 2.93. The van der Waals surface area contributed by atoms with Gasteiger partial charge in [0.1, 0.15) is 0 Å². The lowest BCUT2D eigenvalue weighted by Crippen LogP contribution is -2.46. The summed E-state index contributed by atoms with van der Waals surface area (Å²) in [4.78, 5) is 25.0. The second kappa shape index (κ2) is 9.75. The van der Waals surface area contributed by atoms with Crippen molar-refractivity contribution in [2.75, 3.05) is 19.6 Å². The molecule has 5 heteroatoms. The number of nitrogens with two attached hydrogens (primary N) is 1. The number of carbonyl (C=O) groups excluding carboxylic acids is 2. The van der Waals surface area contributed by atoms with Crippen molar-refractivity contribution in [3.63, 3.8) is 0 Å². The van der Waals surface area contributed by atoms with Crippen molar-refractivity contribution in [3.8, 4) is 0 Å². The fourth-order valence-corrected chi connectivity index (χ4v) is 2.69. The molecule has 0 aliphatic carbocycles. The molecule has 1 atom stereocenters. The zero-order chi connectivity index (χ0) is 14.8. The fourth-order valence-electron chi connectivity index (χ4n) is 2.69. The third-order valence-corrected chi connectivity index (χ3v) is 3.87. The highest BCUT2D eigenvalue weighted by Crippen LogP contribution is 2.13. The van der Waals surface area contributed by atoms with E-state index in [1.165, 1.54) is 25.7 Å². The molecule has 0 spiro atoms. The number of amides is 2. The van der Waals surface area contributed by atoms with E-state index >= 15 is 0 Å². The van der Waals surface area contributed by atoms with Crippen molar-refractivity contribution < 1.29 is 9.59 Å². The average molecular weight is 283 g/mol. The van der Waals surface area contributed by atoms with Gasteiger partial charge in [-0.25, -0.2) is 0 Å². The number of hydrogen-bond acceptors (Lipinski definition) is 3. The molecule has 0 radical (unpaired) electrons. The van der Waals surface area contributed by atoms with E-state index in [1.807, 2.05) is 0 Å². The van der Waals surface area contributed by atoms with E-state index in [-0.39, 0.29) is 18.5 Å². The Hall–Kier alpha value is -1.10. The Balaban J connectivity index is 2.29. The first-order valence-corrected chi connectivity index (χ1v) is 7.93. The Bertz CT molecular complexity index is 301. The molecule has 1 saturated heterocycles. The van der Waals surface area contributed by atoms with Crippen LogP contribution in [0.2, 0.25) is 0 Å². The summed E-state index contributed by atoms with van der Waals surface area (Å²) >= 11 is 0. The van der Waals surface area contributed by atoms with Crippen LogP contribution in [0, 0.1) is 0 Å². The van der Waals surface area contributed by atoms with Gasteiger partial charge in [-0.05, 0) is 19.4 Å². The molecule has 3 N–H and O–H groups in total. The smallest absolute Gasteiger partial charge is 0.237 e. The van der Waals surface area contributed by atoms with Crippen molar-refractivity contribution in [2.24, 2.45) is 5.73 Å². The van der Waals surface area contributed by atoms with Gasteiger partial charge in [0.05, 0.1) is 6.54 Å². The second-order valence-electron chi connectivity index (χ2n) is 5.65. The monoisotopic (exact) mass is 283 g/mol. The molecule has 1 fully saturated rings. The lowest BCUT2D eigenvalue weighted by Gasteiger charge is -2.27. The molecule has 0 aromatic carbocycles. The van der Waals surface area contributed by atoms with Gasteiger partial charge in [-0.3, -0.25) is 9.59 Å². The standard InChI is InChI=1S/C15H29N3O2/c1-2-3-4-5-6-7-8-15(20)18(12-14(16)19)13-9-10-17-11-13/h13,17H,2-12H2,1H3,(H2,16,19). The molecular formula is C15H29N3O2. The van der Waals surface area contributed by atoms with E-state index in [1.54, 1.807) is 4.90 Å². The summed E-state index contributed by atoms with van der Waals surface area (Å²) in [6, 6.07) is 0.134. The number of primary amides is 1. The van der Waals surface area contributed by atoms with Crippen LogP contribution in [-0.4, -0.2) is 42.4 Å². The molecular weight excluding hydrogens is 254 g/mol. The van der Waals surface area contributed by atoms with Crippen molar-refractivity contribution in [2.45, 2.75) is 64.3 Å². The molecule has 1 aliphatic heterocycles. The zero-order valence-electron chi connectivity index (χ0n) is 12.7. The molecule has 1 aliphatic rings. The van der Waals surface area contributed by atoms with Gasteiger partial charge < -0.3 is 16.0 Å². The Morgan fingerprint density at radius 2 is 1.90 bits per heavy atom. The third-order valence-electron chi connectivity index (χ3n) is 3.87. The van der Waals surface area contributed by atoms with Crippen molar-refractivity contribution >= 4 is 11.8 Å². The predicted octanol–water partition coefficient (Wildman–Crippen LogP) is 1.41. The number of unbranched alkanes of at least 4 members (excludes halogenated alkanes) is 5. The van der Waals surface area contributed by atoms with Gasteiger partial charge in [-0.1, -0.05) is 39.0 Å². The van der Waals surface area contributed by atoms with Gasteiger partial charge in [0.2, 0.25) is 11.8 Å². The fraction of sp³-hybridized carbons (Fsp3) is 0.867. The Kier molecular flexibility index (Phi) is 8.26. The number of nitrogens with one attached hydrogen (secondary N) is 1. The van der Waals surface area contributed by atoms with Crippen LogP contribution in [0.25, 0.3) is 0 Å². The van der Waals surface area contributed by atoms with Gasteiger partial charge >= 0.3 is 0 Å². The van der Waals surface area contributed by atoms with Crippen LogP contribution in [0.5, 0.6) is 0 Å². The van der Waals surface area contributed by atoms with Gasteiger partial charge in [-0.2, -0.15) is 0 Å². The molecule has 20 heavy (non-hydrogen) atoms. The Labute approximate surface area is 122 Å². The van der Waals surface area contributed by atoms with E-state index < -0.39 is 5.91 Å². The highest BCUT2D eigenvalue weighted by atomic mass is 16.2. The van der Waals surface area contributed by atoms with E-state index in [2.05, 4.69) is 12.2 Å². The summed E-state index contributed by atoms with van der Waals surface area (Å²) in [5.74, 6) is -0.346. The molecule has 5 nitrogen and oxygen atoms in total. The number of rotatable bonds is 10. The van der Waals surface area contributed by atoms with Crippen molar-refractivity contribution in [1.29, 1.82) is 0 Å². The van der Waals surface area contributed by atoms with Crippen LogP contribution < -0.4 is 11.1 Å². The van der Waals surface area contributed by atoms with Crippen LogP contribution in [0.4, 0.5) is 0 Å². The summed E-state index contributed by atoms with van der Waals surface area (Å²) < 4.78 is 0. The SMILES string of the molecule is CCCCCCCCC(=O)N(CC(N)=O)C1CCNC1. The first-order chi connectivity index (χ1) is 9.65. The first kappa shape index (κ1) is 17.0. The van der Waals surface area contributed by atoms with Crippen LogP contribution in [0.15, 0.2) is 0 Å². The number of hydrogen-bond donors (Lipinski definition) is 2. The van der Waals surface area contributed by atoms with Crippen molar-refractivity contribution in [3.05, 3.63) is 0 Å². The maximum absolute atomic E-state index is 12.2. The summed E-state index contributed by atoms with van der Waals surface area (Å²) in [5, 5.41) is 3.23. The minimum Gasteiger partial charge on any atom is -0.368 e.